The van der Waals surface area contributed by atoms with Crippen LogP contribution in [-0.2, 0) is 0 Å². The fourth-order valence-electron chi connectivity index (χ4n) is 1.97. The third-order valence-corrected chi connectivity index (χ3v) is 2.87. The van der Waals surface area contributed by atoms with Crippen LogP contribution >= 0.6 is 0 Å². The van der Waals surface area contributed by atoms with Crippen molar-refractivity contribution in [1.29, 1.82) is 0 Å². The first-order valence-corrected chi connectivity index (χ1v) is 5.41. The van der Waals surface area contributed by atoms with Gasteiger partial charge in [-0.05, 0) is 13.0 Å². The van der Waals surface area contributed by atoms with E-state index in [0.717, 1.165) is 11.4 Å². The van der Waals surface area contributed by atoms with Crippen molar-refractivity contribution < 1.29 is 10.2 Å². The number of pyridine rings is 1. The highest BCUT2D eigenvalue weighted by Gasteiger charge is 2.31. The average molecular weight is 223 g/mol. The van der Waals surface area contributed by atoms with Crippen molar-refractivity contribution in [2.24, 2.45) is 5.73 Å². The molecule has 16 heavy (non-hydrogen) atoms. The fourth-order valence-corrected chi connectivity index (χ4v) is 1.97. The number of aromatic nitrogens is 1. The molecule has 1 aromatic rings. The second-order valence-corrected chi connectivity index (χ2v) is 4.24. The molecule has 2 unspecified atom stereocenters. The van der Waals surface area contributed by atoms with Gasteiger partial charge in [0, 0.05) is 30.9 Å². The van der Waals surface area contributed by atoms with Crippen LogP contribution in [0.5, 0.6) is 0 Å². The van der Waals surface area contributed by atoms with E-state index in [2.05, 4.69) is 4.98 Å². The molecule has 0 spiro atoms. The minimum absolute atomic E-state index is 0.112. The van der Waals surface area contributed by atoms with Crippen molar-refractivity contribution in [2.45, 2.75) is 25.2 Å². The van der Waals surface area contributed by atoms with Crippen LogP contribution in [0.3, 0.4) is 0 Å². The lowest BCUT2D eigenvalue weighted by Crippen LogP contribution is -2.25. The molecule has 1 saturated heterocycles. The summed E-state index contributed by atoms with van der Waals surface area (Å²) in [5, 5.41) is 19.0. The SMILES string of the molecule is C[C@H](N)c1cccnc1N1CC(O)C(O)C1. The molecule has 4 N–H and O–H groups in total. The number of hydrogen-bond donors (Lipinski definition) is 3. The van der Waals surface area contributed by atoms with Gasteiger partial charge < -0.3 is 20.8 Å². The Kier molecular flexibility index (Phi) is 3.09. The van der Waals surface area contributed by atoms with E-state index in [1.807, 2.05) is 24.0 Å². The van der Waals surface area contributed by atoms with Crippen molar-refractivity contribution in [3.05, 3.63) is 23.9 Å². The Morgan fingerprint density at radius 1 is 1.44 bits per heavy atom. The molecule has 5 nitrogen and oxygen atoms in total. The van der Waals surface area contributed by atoms with E-state index < -0.39 is 12.2 Å². The summed E-state index contributed by atoms with van der Waals surface area (Å²) in [6.45, 7) is 2.69. The monoisotopic (exact) mass is 223 g/mol. The van der Waals surface area contributed by atoms with Crippen molar-refractivity contribution >= 4 is 5.82 Å². The van der Waals surface area contributed by atoms with Crippen molar-refractivity contribution in [3.63, 3.8) is 0 Å². The van der Waals surface area contributed by atoms with Crippen LogP contribution in [-0.4, -0.2) is 40.5 Å². The van der Waals surface area contributed by atoms with Gasteiger partial charge in [-0.15, -0.1) is 0 Å². The second-order valence-electron chi connectivity index (χ2n) is 4.24. The number of rotatable bonds is 2. The van der Waals surface area contributed by atoms with Crippen LogP contribution in [0, 0.1) is 0 Å². The Morgan fingerprint density at radius 3 is 2.62 bits per heavy atom. The quantitative estimate of drug-likeness (QED) is 0.638. The number of hydrogen-bond acceptors (Lipinski definition) is 5. The minimum Gasteiger partial charge on any atom is -0.389 e. The van der Waals surface area contributed by atoms with E-state index in [9.17, 15) is 10.2 Å². The summed E-state index contributed by atoms with van der Waals surface area (Å²) in [5.41, 5.74) is 6.79. The predicted molar refractivity (Wildman–Crippen MR) is 61.1 cm³/mol. The van der Waals surface area contributed by atoms with Gasteiger partial charge in [0.05, 0.1) is 12.2 Å². The maximum Gasteiger partial charge on any atom is 0.133 e. The van der Waals surface area contributed by atoms with Crippen LogP contribution in [0.15, 0.2) is 18.3 Å². The summed E-state index contributed by atoms with van der Waals surface area (Å²) in [5.74, 6) is 0.758. The van der Waals surface area contributed by atoms with Crippen LogP contribution in [0.4, 0.5) is 5.82 Å². The topological polar surface area (TPSA) is 82.6 Å². The fraction of sp³-hybridized carbons (Fsp3) is 0.545. The van der Waals surface area contributed by atoms with Crippen LogP contribution in [0.2, 0.25) is 0 Å². The molecule has 0 saturated carbocycles. The maximum absolute atomic E-state index is 9.51. The largest absolute Gasteiger partial charge is 0.389 e. The lowest BCUT2D eigenvalue weighted by molar-refractivity contribution is 0.0572. The zero-order chi connectivity index (χ0) is 11.7. The Labute approximate surface area is 94.5 Å². The lowest BCUT2D eigenvalue weighted by Gasteiger charge is -2.21. The first-order valence-electron chi connectivity index (χ1n) is 5.41. The molecule has 2 rings (SSSR count). The average Bonchev–Trinajstić information content (AvgIpc) is 2.59. The number of nitrogens with two attached hydrogens (primary N) is 1. The molecular formula is C11H17N3O2. The van der Waals surface area contributed by atoms with E-state index in [4.69, 9.17) is 5.73 Å². The molecule has 0 radical (unpaired) electrons. The second kappa shape index (κ2) is 4.37. The van der Waals surface area contributed by atoms with Gasteiger partial charge in [-0.3, -0.25) is 0 Å². The molecule has 1 aliphatic rings. The Morgan fingerprint density at radius 2 is 2.06 bits per heavy atom. The van der Waals surface area contributed by atoms with Crippen molar-refractivity contribution in [3.8, 4) is 0 Å². The highest BCUT2D eigenvalue weighted by atomic mass is 16.3. The highest BCUT2D eigenvalue weighted by molar-refractivity contribution is 5.49. The molecule has 0 bridgehead atoms. The lowest BCUT2D eigenvalue weighted by atomic mass is 10.1. The van der Waals surface area contributed by atoms with E-state index in [1.165, 1.54) is 0 Å². The van der Waals surface area contributed by atoms with E-state index >= 15 is 0 Å². The Hall–Kier alpha value is -1.17. The molecule has 0 aromatic carbocycles. The van der Waals surface area contributed by atoms with Crippen LogP contribution in [0.1, 0.15) is 18.5 Å². The summed E-state index contributed by atoms with van der Waals surface area (Å²) < 4.78 is 0. The third kappa shape index (κ3) is 2.02. The van der Waals surface area contributed by atoms with Gasteiger partial charge >= 0.3 is 0 Å². The molecule has 2 heterocycles. The molecule has 1 fully saturated rings. The zero-order valence-electron chi connectivity index (χ0n) is 9.24. The summed E-state index contributed by atoms with van der Waals surface area (Å²) in [7, 11) is 0. The number of anilines is 1. The van der Waals surface area contributed by atoms with Crippen LogP contribution < -0.4 is 10.6 Å². The first-order chi connectivity index (χ1) is 7.59. The van der Waals surface area contributed by atoms with Crippen LogP contribution in [0.25, 0.3) is 0 Å². The minimum atomic E-state index is -0.706. The van der Waals surface area contributed by atoms with Crippen molar-refractivity contribution in [1.82, 2.24) is 4.98 Å². The summed E-state index contributed by atoms with van der Waals surface area (Å²) >= 11 is 0. The number of β-amino-alcohol motifs (C(OH)–C–C–N with tert-alkyl or cyclic N) is 2. The Balaban J connectivity index is 2.27. The molecule has 0 aliphatic carbocycles. The number of aliphatic hydroxyl groups is 2. The van der Waals surface area contributed by atoms with E-state index in [-0.39, 0.29) is 6.04 Å². The third-order valence-electron chi connectivity index (χ3n) is 2.87. The molecule has 0 amide bonds. The van der Waals surface area contributed by atoms with E-state index in [1.54, 1.807) is 6.20 Å². The molecule has 3 atom stereocenters. The molecule has 1 aliphatic heterocycles. The maximum atomic E-state index is 9.51. The molecule has 5 heteroatoms. The summed E-state index contributed by atoms with van der Waals surface area (Å²) in [4.78, 5) is 6.14. The van der Waals surface area contributed by atoms with Gasteiger partial charge in [0.1, 0.15) is 5.82 Å². The van der Waals surface area contributed by atoms with Gasteiger partial charge in [0.15, 0.2) is 0 Å². The number of nitrogens with zero attached hydrogens (tertiary/aromatic N) is 2. The summed E-state index contributed by atoms with van der Waals surface area (Å²) in [6.07, 6.45) is 0.282. The highest BCUT2D eigenvalue weighted by Crippen LogP contribution is 2.25. The zero-order valence-corrected chi connectivity index (χ0v) is 9.24. The van der Waals surface area contributed by atoms with Gasteiger partial charge in [0.2, 0.25) is 0 Å². The smallest absolute Gasteiger partial charge is 0.133 e. The van der Waals surface area contributed by atoms with Gasteiger partial charge in [-0.25, -0.2) is 4.98 Å². The normalized spacial score (nSPS) is 27.1. The van der Waals surface area contributed by atoms with Gasteiger partial charge in [0.25, 0.3) is 0 Å². The van der Waals surface area contributed by atoms with E-state index in [0.29, 0.717) is 13.1 Å². The first kappa shape index (κ1) is 11.3. The predicted octanol–water partition coefficient (Wildman–Crippen LogP) is -0.357. The summed E-state index contributed by atoms with van der Waals surface area (Å²) in [6, 6.07) is 3.65. The van der Waals surface area contributed by atoms with Crippen molar-refractivity contribution in [2.75, 3.05) is 18.0 Å². The van der Waals surface area contributed by atoms with Gasteiger partial charge in [-0.1, -0.05) is 6.07 Å². The van der Waals surface area contributed by atoms with Gasteiger partial charge in [-0.2, -0.15) is 0 Å². The molecular weight excluding hydrogens is 206 g/mol. The standard InChI is InChI=1S/C11H17N3O2/c1-7(12)8-3-2-4-13-11(8)14-5-9(15)10(16)6-14/h2-4,7,9-10,15-16H,5-6,12H2,1H3/t7-,9?,10?/m0/s1. The Bertz CT molecular complexity index is 360. The molecule has 1 aromatic heterocycles. The molecule has 88 valence electrons. The number of aliphatic hydroxyl groups excluding tert-OH is 2.